The van der Waals surface area contributed by atoms with Gasteiger partial charge < -0.3 is 0 Å². The summed E-state index contributed by atoms with van der Waals surface area (Å²) in [5.41, 5.74) is 7.29. The summed E-state index contributed by atoms with van der Waals surface area (Å²) in [6.45, 7) is 13.7. The molecule has 4 rings (SSSR count). The van der Waals surface area contributed by atoms with Crippen molar-refractivity contribution in [1.29, 1.82) is 0 Å². The number of piperidine rings is 1. The number of likely N-dealkylation sites (tertiary alicyclic amines) is 1. The van der Waals surface area contributed by atoms with Crippen LogP contribution in [0.5, 0.6) is 0 Å². The Hall–Kier alpha value is -3.31. The number of benzene rings is 2. The second-order valence-electron chi connectivity index (χ2n) is 11.1. The fourth-order valence-corrected chi connectivity index (χ4v) is 4.85. The maximum absolute atomic E-state index is 13.6. The maximum atomic E-state index is 13.6. The number of rotatable bonds is 10. The van der Waals surface area contributed by atoms with Gasteiger partial charge in [0, 0.05) is 43.5 Å². The van der Waals surface area contributed by atoms with Crippen molar-refractivity contribution in [3.8, 4) is 0 Å². The van der Waals surface area contributed by atoms with Gasteiger partial charge in [0.1, 0.15) is 0 Å². The van der Waals surface area contributed by atoms with Gasteiger partial charge >= 0.3 is 0 Å². The number of Topliss-reactive ketones (excluding diaryl/α,β-unsaturated/α-hetero) is 1. The van der Waals surface area contributed by atoms with Gasteiger partial charge in [0.25, 0.3) is 0 Å². The number of carbonyl (C=O) groups is 1. The molecule has 0 spiro atoms. The minimum Gasteiger partial charge on any atom is -0.289 e. The summed E-state index contributed by atoms with van der Waals surface area (Å²) in [4.78, 5) is 15.9. The van der Waals surface area contributed by atoms with Crippen molar-refractivity contribution >= 4 is 17.9 Å². The van der Waals surface area contributed by atoms with E-state index in [4.69, 9.17) is 0 Å². The molecule has 0 atom stereocenters. The highest BCUT2D eigenvalue weighted by Crippen LogP contribution is 2.25. The van der Waals surface area contributed by atoms with Gasteiger partial charge in [-0.2, -0.15) is 0 Å². The minimum absolute atomic E-state index is 0.130. The van der Waals surface area contributed by atoms with Gasteiger partial charge in [-0.05, 0) is 52.7 Å². The molecule has 0 bridgehead atoms. The molecule has 1 saturated heterocycles. The molecule has 38 heavy (non-hydrogen) atoms. The van der Waals surface area contributed by atoms with E-state index in [1.54, 1.807) is 0 Å². The summed E-state index contributed by atoms with van der Waals surface area (Å²) < 4.78 is 1.94. The molecule has 1 aromatic heterocycles. The van der Waals surface area contributed by atoms with Crippen LogP contribution in [0, 0.1) is 0 Å². The Balaban J connectivity index is 1.59. The third-order valence-electron chi connectivity index (χ3n) is 7.22. The third kappa shape index (κ3) is 7.38. The Kier molecular flexibility index (Phi) is 9.46. The van der Waals surface area contributed by atoms with Crippen molar-refractivity contribution in [1.82, 2.24) is 19.9 Å². The molecule has 5 nitrogen and oxygen atoms in total. The molecule has 1 fully saturated rings. The highest BCUT2D eigenvalue weighted by molar-refractivity contribution is 6.14. The molecule has 0 saturated carbocycles. The molecule has 3 aromatic rings. The molecular weight excluding hydrogens is 468 g/mol. The zero-order valence-electron chi connectivity index (χ0n) is 23.7. The number of ketones is 1. The van der Waals surface area contributed by atoms with Gasteiger partial charge in [0.05, 0.1) is 5.69 Å². The first-order valence-electron chi connectivity index (χ1n) is 14.1. The zero-order chi connectivity index (χ0) is 27.1. The Morgan fingerprint density at radius 3 is 1.82 bits per heavy atom. The van der Waals surface area contributed by atoms with Crippen LogP contribution in [0.4, 0.5) is 0 Å². The lowest BCUT2D eigenvalue weighted by molar-refractivity contribution is -0.113. The summed E-state index contributed by atoms with van der Waals surface area (Å²) in [7, 11) is 0. The van der Waals surface area contributed by atoms with Gasteiger partial charge in [0.2, 0.25) is 0 Å². The first kappa shape index (κ1) is 27.7. The van der Waals surface area contributed by atoms with E-state index in [-0.39, 0.29) is 5.78 Å². The first-order valence-corrected chi connectivity index (χ1v) is 14.1. The fourth-order valence-electron chi connectivity index (χ4n) is 4.85. The normalized spacial score (nSPS) is 16.9. The number of hydrogen-bond acceptors (Lipinski definition) is 4. The highest BCUT2D eigenvalue weighted by atomic mass is 16.1. The quantitative estimate of drug-likeness (QED) is 0.213. The number of hydrogen-bond donors (Lipinski definition) is 0. The van der Waals surface area contributed by atoms with Gasteiger partial charge in [0.15, 0.2) is 5.78 Å². The molecule has 0 amide bonds. The van der Waals surface area contributed by atoms with E-state index in [0.717, 1.165) is 40.9 Å². The lowest BCUT2D eigenvalue weighted by Crippen LogP contribution is -2.37. The van der Waals surface area contributed by atoms with E-state index < -0.39 is 0 Å². The molecule has 0 radical (unpaired) electrons. The topological polar surface area (TPSA) is 51.0 Å². The van der Waals surface area contributed by atoms with Gasteiger partial charge in [-0.3, -0.25) is 14.4 Å². The standard InChI is InChI=1S/C33H42N4O/c1-6-7-8-17-37-23-32(34-35-37)22-36-20-30(18-26-9-13-28(14-10-26)24(2)3)33(38)31(21-36)19-27-11-15-29(16-12-27)25(4)5/h9-16,18-19,23-25H,6-8,17,20-22H2,1-5H3. The average Bonchev–Trinajstić information content (AvgIpc) is 3.34. The number of aryl methyl sites for hydroxylation is 1. The molecule has 2 heterocycles. The van der Waals surface area contributed by atoms with E-state index >= 15 is 0 Å². The molecule has 0 unspecified atom stereocenters. The van der Waals surface area contributed by atoms with E-state index in [9.17, 15) is 4.79 Å². The Morgan fingerprint density at radius 2 is 1.34 bits per heavy atom. The number of nitrogens with zero attached hydrogens (tertiary/aromatic N) is 4. The van der Waals surface area contributed by atoms with Crippen molar-refractivity contribution in [3.05, 3.63) is 93.8 Å². The van der Waals surface area contributed by atoms with Crippen LogP contribution in [0.1, 0.15) is 93.7 Å². The van der Waals surface area contributed by atoms with Crippen LogP contribution in [-0.4, -0.2) is 38.8 Å². The van der Waals surface area contributed by atoms with Crippen molar-refractivity contribution in [2.45, 2.75) is 78.8 Å². The summed E-state index contributed by atoms with van der Waals surface area (Å²) >= 11 is 0. The molecule has 1 aliphatic heterocycles. The van der Waals surface area contributed by atoms with Crippen LogP contribution in [0.3, 0.4) is 0 Å². The minimum atomic E-state index is 0.130. The van der Waals surface area contributed by atoms with Crippen LogP contribution in [0.2, 0.25) is 0 Å². The highest BCUT2D eigenvalue weighted by Gasteiger charge is 2.27. The monoisotopic (exact) mass is 510 g/mol. The average molecular weight is 511 g/mol. The SMILES string of the molecule is CCCCCn1cc(CN2CC(=Cc3ccc(C(C)C)cc3)C(=O)C(=Cc3ccc(C(C)C)cc3)C2)nn1. The lowest BCUT2D eigenvalue weighted by atomic mass is 9.93. The van der Waals surface area contributed by atoms with Crippen LogP contribution in [0.25, 0.3) is 12.2 Å². The second-order valence-corrected chi connectivity index (χ2v) is 11.1. The van der Waals surface area contributed by atoms with E-state index in [1.807, 2.05) is 10.9 Å². The molecule has 1 aliphatic rings. The number of carbonyl (C=O) groups excluding carboxylic acids is 1. The summed E-state index contributed by atoms with van der Waals surface area (Å²) in [5, 5.41) is 8.76. The summed E-state index contributed by atoms with van der Waals surface area (Å²) in [6, 6.07) is 17.1. The van der Waals surface area contributed by atoms with Gasteiger partial charge in [-0.25, -0.2) is 0 Å². The van der Waals surface area contributed by atoms with Gasteiger partial charge in [-0.15, -0.1) is 5.10 Å². The van der Waals surface area contributed by atoms with E-state index in [2.05, 4.69) is 111 Å². The molecule has 200 valence electrons. The molecule has 5 heteroatoms. The predicted octanol–water partition coefficient (Wildman–Crippen LogP) is 7.27. The van der Waals surface area contributed by atoms with E-state index in [0.29, 0.717) is 31.5 Å². The van der Waals surface area contributed by atoms with Crippen molar-refractivity contribution in [2.75, 3.05) is 13.1 Å². The van der Waals surface area contributed by atoms with Crippen LogP contribution >= 0.6 is 0 Å². The Bertz CT molecular complexity index is 1190. The lowest BCUT2D eigenvalue weighted by Gasteiger charge is -2.29. The van der Waals surface area contributed by atoms with Crippen LogP contribution in [-0.2, 0) is 17.9 Å². The summed E-state index contributed by atoms with van der Waals surface area (Å²) in [6.07, 6.45) is 9.65. The van der Waals surface area contributed by atoms with Crippen LogP contribution < -0.4 is 0 Å². The van der Waals surface area contributed by atoms with Crippen molar-refractivity contribution in [3.63, 3.8) is 0 Å². The largest absolute Gasteiger partial charge is 0.289 e. The number of unbranched alkanes of at least 4 members (excludes halogenated alkanes) is 2. The molecular formula is C33H42N4O. The predicted molar refractivity (Wildman–Crippen MR) is 157 cm³/mol. The van der Waals surface area contributed by atoms with E-state index in [1.165, 1.54) is 24.0 Å². The Labute approximate surface area is 228 Å². The first-order chi connectivity index (χ1) is 18.3. The zero-order valence-corrected chi connectivity index (χ0v) is 23.7. The Morgan fingerprint density at radius 1 is 0.816 bits per heavy atom. The molecule has 2 aromatic carbocycles. The smallest absolute Gasteiger partial charge is 0.187 e. The fraction of sp³-hybridized carbons (Fsp3) is 0.424. The third-order valence-corrected chi connectivity index (χ3v) is 7.22. The molecule has 0 N–H and O–H groups in total. The number of aromatic nitrogens is 3. The second kappa shape index (κ2) is 13.0. The van der Waals surface area contributed by atoms with Crippen LogP contribution in [0.15, 0.2) is 65.9 Å². The van der Waals surface area contributed by atoms with Crippen molar-refractivity contribution in [2.24, 2.45) is 0 Å². The summed E-state index contributed by atoms with van der Waals surface area (Å²) in [5.74, 6) is 1.09. The maximum Gasteiger partial charge on any atom is 0.187 e. The molecule has 0 aliphatic carbocycles. The van der Waals surface area contributed by atoms with Crippen molar-refractivity contribution < 1.29 is 4.79 Å². The van der Waals surface area contributed by atoms with Gasteiger partial charge in [-0.1, -0.05) is 101 Å².